The number of ether oxygens (including phenoxy) is 1. The van der Waals surface area contributed by atoms with Crippen LogP contribution in [0.1, 0.15) is 13.3 Å². The van der Waals surface area contributed by atoms with Crippen LogP contribution in [0.15, 0.2) is 23.1 Å². The Morgan fingerprint density at radius 1 is 1.39 bits per heavy atom. The Morgan fingerprint density at radius 2 is 2.06 bits per heavy atom. The SMILES string of the molecule is CCCOc1ccc(S(C)(=O)=O)cc1N(C)C=O. The Labute approximate surface area is 107 Å². The zero-order valence-electron chi connectivity index (χ0n) is 10.7. The summed E-state index contributed by atoms with van der Waals surface area (Å²) in [5, 5.41) is 0. The highest BCUT2D eigenvalue weighted by molar-refractivity contribution is 7.90. The average molecular weight is 271 g/mol. The fourth-order valence-corrected chi connectivity index (χ4v) is 2.04. The summed E-state index contributed by atoms with van der Waals surface area (Å²) in [5.74, 6) is 0.499. The van der Waals surface area contributed by atoms with Crippen LogP contribution in [0, 0.1) is 0 Å². The molecule has 0 aliphatic rings. The number of anilines is 1. The van der Waals surface area contributed by atoms with Gasteiger partial charge in [-0.3, -0.25) is 4.79 Å². The molecule has 6 heteroatoms. The van der Waals surface area contributed by atoms with Crippen LogP contribution in [-0.4, -0.2) is 34.7 Å². The number of benzene rings is 1. The Hall–Kier alpha value is -1.56. The number of sulfone groups is 1. The molecule has 0 radical (unpaired) electrons. The molecule has 0 fully saturated rings. The molecule has 0 saturated carbocycles. The van der Waals surface area contributed by atoms with Gasteiger partial charge in [0.1, 0.15) is 5.75 Å². The van der Waals surface area contributed by atoms with Crippen molar-refractivity contribution in [3.05, 3.63) is 18.2 Å². The monoisotopic (exact) mass is 271 g/mol. The fourth-order valence-electron chi connectivity index (χ4n) is 1.39. The van der Waals surface area contributed by atoms with Crippen molar-refractivity contribution in [2.45, 2.75) is 18.2 Å². The molecule has 0 aliphatic heterocycles. The van der Waals surface area contributed by atoms with Crippen molar-refractivity contribution in [3.63, 3.8) is 0 Å². The standard InChI is InChI=1S/C12H17NO4S/c1-4-7-17-12-6-5-10(18(3,15)16)8-11(12)13(2)9-14/h5-6,8-9H,4,7H2,1-3H3. The molecule has 5 nitrogen and oxygen atoms in total. The summed E-state index contributed by atoms with van der Waals surface area (Å²) in [6, 6.07) is 4.48. The fraction of sp³-hybridized carbons (Fsp3) is 0.417. The van der Waals surface area contributed by atoms with Gasteiger partial charge in [0.15, 0.2) is 9.84 Å². The van der Waals surface area contributed by atoms with Gasteiger partial charge in [-0.15, -0.1) is 0 Å². The third kappa shape index (κ3) is 3.46. The zero-order chi connectivity index (χ0) is 13.8. The second-order valence-electron chi connectivity index (χ2n) is 3.97. The molecule has 0 saturated heterocycles. The van der Waals surface area contributed by atoms with E-state index in [4.69, 9.17) is 4.74 Å². The molecule has 0 aliphatic carbocycles. The molecule has 1 aromatic rings. The molecule has 0 heterocycles. The van der Waals surface area contributed by atoms with Crippen molar-refractivity contribution in [3.8, 4) is 5.75 Å². The number of hydrogen-bond donors (Lipinski definition) is 0. The predicted octanol–water partition coefficient (Wildman–Crippen LogP) is 1.47. The average Bonchev–Trinajstić information content (AvgIpc) is 2.34. The van der Waals surface area contributed by atoms with Crippen LogP contribution in [0.2, 0.25) is 0 Å². The topological polar surface area (TPSA) is 63.7 Å². The zero-order valence-corrected chi connectivity index (χ0v) is 11.5. The summed E-state index contributed by atoms with van der Waals surface area (Å²) < 4.78 is 28.4. The Balaban J connectivity index is 3.24. The van der Waals surface area contributed by atoms with Crippen molar-refractivity contribution in [2.24, 2.45) is 0 Å². The minimum absolute atomic E-state index is 0.162. The van der Waals surface area contributed by atoms with E-state index in [1.165, 1.54) is 17.0 Å². The number of carbonyl (C=O) groups is 1. The first kappa shape index (κ1) is 14.5. The van der Waals surface area contributed by atoms with E-state index in [-0.39, 0.29) is 4.90 Å². The largest absolute Gasteiger partial charge is 0.491 e. The van der Waals surface area contributed by atoms with Gasteiger partial charge in [0.25, 0.3) is 0 Å². The molecule has 0 aromatic heterocycles. The molecule has 0 unspecified atom stereocenters. The maximum absolute atomic E-state index is 11.5. The second kappa shape index (κ2) is 5.86. The minimum Gasteiger partial charge on any atom is -0.491 e. The smallest absolute Gasteiger partial charge is 0.213 e. The van der Waals surface area contributed by atoms with E-state index in [1.54, 1.807) is 13.1 Å². The predicted molar refractivity (Wildman–Crippen MR) is 69.8 cm³/mol. The molecule has 0 N–H and O–H groups in total. The van der Waals surface area contributed by atoms with Crippen LogP contribution in [0.25, 0.3) is 0 Å². The molecular weight excluding hydrogens is 254 g/mol. The first-order valence-corrected chi connectivity index (χ1v) is 7.44. The lowest BCUT2D eigenvalue weighted by Gasteiger charge is -2.17. The van der Waals surface area contributed by atoms with Crippen LogP contribution in [0.4, 0.5) is 5.69 Å². The van der Waals surface area contributed by atoms with E-state index in [9.17, 15) is 13.2 Å². The van der Waals surface area contributed by atoms with E-state index in [0.717, 1.165) is 12.7 Å². The van der Waals surface area contributed by atoms with Crippen molar-refractivity contribution in [1.82, 2.24) is 0 Å². The third-order valence-electron chi connectivity index (χ3n) is 2.36. The molecule has 1 rings (SSSR count). The molecule has 1 aromatic carbocycles. The number of carbonyl (C=O) groups excluding carboxylic acids is 1. The number of rotatable bonds is 6. The van der Waals surface area contributed by atoms with Gasteiger partial charge in [0.2, 0.25) is 6.41 Å². The van der Waals surface area contributed by atoms with Gasteiger partial charge in [0, 0.05) is 13.3 Å². The molecule has 0 atom stereocenters. The summed E-state index contributed by atoms with van der Waals surface area (Å²) in [6.07, 6.45) is 2.57. The Kier molecular flexibility index (Phi) is 4.72. The molecule has 0 bridgehead atoms. The maximum Gasteiger partial charge on any atom is 0.213 e. The number of amides is 1. The van der Waals surface area contributed by atoms with Crippen molar-refractivity contribution in [2.75, 3.05) is 24.8 Å². The van der Waals surface area contributed by atoms with Crippen molar-refractivity contribution >= 4 is 21.9 Å². The van der Waals surface area contributed by atoms with Gasteiger partial charge in [-0.1, -0.05) is 6.92 Å². The Morgan fingerprint density at radius 3 is 2.56 bits per heavy atom. The van der Waals surface area contributed by atoms with Gasteiger partial charge < -0.3 is 9.64 Å². The lowest BCUT2D eigenvalue weighted by Crippen LogP contribution is -2.16. The summed E-state index contributed by atoms with van der Waals surface area (Å²) >= 11 is 0. The highest BCUT2D eigenvalue weighted by Gasteiger charge is 2.14. The molecule has 1 amide bonds. The molecule has 0 spiro atoms. The van der Waals surface area contributed by atoms with E-state index in [2.05, 4.69) is 0 Å². The van der Waals surface area contributed by atoms with Crippen LogP contribution in [-0.2, 0) is 14.6 Å². The summed E-state index contributed by atoms with van der Waals surface area (Å²) in [5.41, 5.74) is 0.446. The molecular formula is C12H17NO4S. The summed E-state index contributed by atoms with van der Waals surface area (Å²) in [7, 11) is -1.75. The van der Waals surface area contributed by atoms with E-state index in [0.29, 0.717) is 24.5 Å². The van der Waals surface area contributed by atoms with E-state index >= 15 is 0 Å². The van der Waals surface area contributed by atoms with Crippen LogP contribution in [0.5, 0.6) is 5.75 Å². The number of nitrogens with zero attached hydrogens (tertiary/aromatic N) is 1. The second-order valence-corrected chi connectivity index (χ2v) is 5.98. The highest BCUT2D eigenvalue weighted by Crippen LogP contribution is 2.30. The third-order valence-corrected chi connectivity index (χ3v) is 3.47. The van der Waals surface area contributed by atoms with Gasteiger partial charge in [-0.05, 0) is 24.6 Å². The van der Waals surface area contributed by atoms with Crippen LogP contribution in [0.3, 0.4) is 0 Å². The van der Waals surface area contributed by atoms with Crippen molar-refractivity contribution in [1.29, 1.82) is 0 Å². The maximum atomic E-state index is 11.5. The first-order valence-electron chi connectivity index (χ1n) is 5.55. The van der Waals surface area contributed by atoms with Crippen LogP contribution < -0.4 is 9.64 Å². The normalized spacial score (nSPS) is 11.1. The molecule has 100 valence electrons. The minimum atomic E-state index is -3.30. The Bertz CT molecular complexity index is 525. The number of hydrogen-bond acceptors (Lipinski definition) is 4. The van der Waals surface area contributed by atoms with Gasteiger partial charge in [-0.2, -0.15) is 0 Å². The van der Waals surface area contributed by atoms with Gasteiger partial charge in [0.05, 0.1) is 17.2 Å². The summed E-state index contributed by atoms with van der Waals surface area (Å²) in [4.78, 5) is 12.3. The lowest BCUT2D eigenvalue weighted by atomic mass is 10.2. The van der Waals surface area contributed by atoms with Crippen molar-refractivity contribution < 1.29 is 17.9 Å². The van der Waals surface area contributed by atoms with Gasteiger partial charge >= 0.3 is 0 Å². The van der Waals surface area contributed by atoms with Gasteiger partial charge in [-0.25, -0.2) is 8.42 Å². The van der Waals surface area contributed by atoms with Crippen LogP contribution >= 0.6 is 0 Å². The first-order chi connectivity index (χ1) is 8.40. The lowest BCUT2D eigenvalue weighted by molar-refractivity contribution is -0.107. The summed E-state index contributed by atoms with van der Waals surface area (Å²) in [6.45, 7) is 2.48. The highest BCUT2D eigenvalue weighted by atomic mass is 32.2. The quantitative estimate of drug-likeness (QED) is 0.735. The van der Waals surface area contributed by atoms with E-state index in [1.807, 2.05) is 6.92 Å². The van der Waals surface area contributed by atoms with E-state index < -0.39 is 9.84 Å². The molecule has 18 heavy (non-hydrogen) atoms.